The lowest BCUT2D eigenvalue weighted by atomic mass is 9.53. The number of nitrogens with zero attached hydrogens (tertiary/aromatic N) is 4. The molecular formula is C39H35N5O6. The van der Waals surface area contributed by atoms with Crippen molar-refractivity contribution in [2.24, 2.45) is 5.92 Å². The van der Waals surface area contributed by atoms with Crippen LogP contribution in [0.25, 0.3) is 5.69 Å². The summed E-state index contributed by atoms with van der Waals surface area (Å²) in [6, 6.07) is 32.1. The number of hydrogen-bond donors (Lipinski definition) is 2. The van der Waals surface area contributed by atoms with Crippen LogP contribution in [0.5, 0.6) is 5.75 Å². The van der Waals surface area contributed by atoms with Crippen molar-refractivity contribution in [3.8, 4) is 11.4 Å². The van der Waals surface area contributed by atoms with Crippen LogP contribution >= 0.6 is 0 Å². The lowest BCUT2D eigenvalue weighted by Gasteiger charge is -2.49. The largest absolute Gasteiger partial charge is 0.491 e. The van der Waals surface area contributed by atoms with Crippen LogP contribution in [0.2, 0.25) is 0 Å². The molecule has 4 aromatic carbocycles. The highest BCUT2D eigenvalue weighted by Gasteiger charge is 2.69. The molecule has 50 heavy (non-hydrogen) atoms. The molecule has 252 valence electrons. The maximum atomic E-state index is 15.3. The molecule has 3 heterocycles. The lowest BCUT2D eigenvalue weighted by Crippen LogP contribution is -2.53. The zero-order valence-corrected chi connectivity index (χ0v) is 27.3. The first kappa shape index (κ1) is 31.3. The second-order valence-electron chi connectivity index (χ2n) is 12.9. The Morgan fingerprint density at radius 2 is 1.52 bits per heavy atom. The fourth-order valence-electron chi connectivity index (χ4n) is 8.16. The zero-order valence-electron chi connectivity index (χ0n) is 27.3. The number of fused-ring (bicyclic) bond motifs is 4. The van der Waals surface area contributed by atoms with Crippen LogP contribution < -0.4 is 21.5 Å². The van der Waals surface area contributed by atoms with Gasteiger partial charge in [0.2, 0.25) is 0 Å². The first-order valence-corrected chi connectivity index (χ1v) is 16.7. The average molecular weight is 670 g/mol. The van der Waals surface area contributed by atoms with Gasteiger partial charge in [0.1, 0.15) is 12.4 Å². The number of ether oxygens (including phenoxy) is 1. The quantitative estimate of drug-likeness (QED) is 0.188. The molecule has 1 aromatic heterocycles. The highest BCUT2D eigenvalue weighted by atomic mass is 16.5. The first-order valence-electron chi connectivity index (χ1n) is 16.7. The number of aliphatic hydroxyl groups excluding tert-OH is 1. The molecule has 2 N–H and O–H groups in total. The van der Waals surface area contributed by atoms with Gasteiger partial charge in [-0.3, -0.25) is 15.0 Å². The number of rotatable bonds is 8. The van der Waals surface area contributed by atoms with E-state index < -0.39 is 46.5 Å². The number of allylic oxidation sites excluding steroid dienone is 2. The number of aromatic nitrogens is 3. The smallest absolute Gasteiger partial charge is 0.352 e. The molecule has 11 nitrogen and oxygen atoms in total. The van der Waals surface area contributed by atoms with Crippen LogP contribution in [0.4, 0.5) is 5.69 Å². The van der Waals surface area contributed by atoms with E-state index in [1.807, 2.05) is 91.9 Å². The Bertz CT molecular complexity index is 2260. The van der Waals surface area contributed by atoms with Crippen molar-refractivity contribution in [3.05, 3.63) is 159 Å². The maximum absolute atomic E-state index is 15.3. The fraction of sp³-hybridized carbons (Fsp3) is 0.231. The number of aliphatic hydroxyl groups is 1. The van der Waals surface area contributed by atoms with E-state index in [0.717, 1.165) is 20.7 Å². The van der Waals surface area contributed by atoms with Crippen LogP contribution in [-0.4, -0.2) is 49.1 Å². The van der Waals surface area contributed by atoms with Crippen molar-refractivity contribution in [2.45, 2.75) is 37.3 Å². The third-order valence-electron chi connectivity index (χ3n) is 10.2. The van der Waals surface area contributed by atoms with Gasteiger partial charge >= 0.3 is 11.4 Å². The van der Waals surface area contributed by atoms with E-state index >= 15 is 4.79 Å². The summed E-state index contributed by atoms with van der Waals surface area (Å²) in [4.78, 5) is 58.2. The second-order valence-corrected chi connectivity index (χ2v) is 12.9. The van der Waals surface area contributed by atoms with Crippen LogP contribution in [0.1, 0.15) is 35.1 Å². The van der Waals surface area contributed by atoms with E-state index in [0.29, 0.717) is 28.3 Å². The van der Waals surface area contributed by atoms with Gasteiger partial charge in [-0.25, -0.2) is 23.5 Å². The maximum Gasteiger partial charge on any atom is 0.352 e. The second kappa shape index (κ2) is 12.2. The molecule has 0 bridgehead atoms. The van der Waals surface area contributed by atoms with Crippen LogP contribution in [0.15, 0.2) is 130 Å². The van der Waals surface area contributed by atoms with Gasteiger partial charge in [-0.1, -0.05) is 90.5 Å². The molecule has 1 aliphatic carbocycles. The summed E-state index contributed by atoms with van der Waals surface area (Å²) in [5.41, 5.74) is 4.69. The molecule has 11 heteroatoms. The topological polar surface area (TPSA) is 128 Å². The van der Waals surface area contributed by atoms with Gasteiger partial charge in [-0.2, -0.15) is 5.01 Å². The van der Waals surface area contributed by atoms with E-state index in [1.54, 1.807) is 30.3 Å². The fourth-order valence-corrected chi connectivity index (χ4v) is 8.16. The predicted octanol–water partition coefficient (Wildman–Crippen LogP) is 4.10. The number of hydrogen-bond acceptors (Lipinski definition) is 7. The summed E-state index contributed by atoms with van der Waals surface area (Å²) in [5, 5.41) is 10.8. The Kier molecular flexibility index (Phi) is 7.64. The summed E-state index contributed by atoms with van der Waals surface area (Å²) in [6.45, 7) is 1.83. The van der Waals surface area contributed by atoms with E-state index in [9.17, 15) is 19.5 Å². The molecule has 1 saturated carbocycles. The third-order valence-corrected chi connectivity index (χ3v) is 10.2. The van der Waals surface area contributed by atoms with Gasteiger partial charge < -0.3 is 9.84 Å². The Morgan fingerprint density at radius 3 is 2.24 bits per heavy atom. The van der Waals surface area contributed by atoms with Crippen molar-refractivity contribution in [3.63, 3.8) is 0 Å². The monoisotopic (exact) mass is 669 g/mol. The molecule has 2 aliphatic heterocycles. The third kappa shape index (κ3) is 4.61. The summed E-state index contributed by atoms with van der Waals surface area (Å²) >= 11 is 0. The Balaban J connectivity index is 1.38. The molecule has 3 aliphatic rings. The number of carbonyl (C=O) groups is 2. The molecule has 0 spiro atoms. The van der Waals surface area contributed by atoms with Crippen LogP contribution in [0.3, 0.4) is 0 Å². The van der Waals surface area contributed by atoms with Crippen molar-refractivity contribution < 1.29 is 19.4 Å². The van der Waals surface area contributed by atoms with E-state index in [2.05, 4.69) is 5.43 Å². The number of hydrazine groups is 1. The molecule has 0 radical (unpaired) electrons. The Labute approximate surface area is 287 Å². The predicted molar refractivity (Wildman–Crippen MR) is 186 cm³/mol. The van der Waals surface area contributed by atoms with Crippen LogP contribution in [0, 0.1) is 12.8 Å². The number of anilines is 1. The number of nitrogens with one attached hydrogen (secondary N) is 1. The van der Waals surface area contributed by atoms with Crippen molar-refractivity contribution in [2.75, 3.05) is 18.6 Å². The SMILES string of the molecule is Cc1ccc(NN2C(=O)[C@@H]3C[C@@H]4C(=CCn5c(=O)n(-c6ccccc6)c(=O)n54)[C@H](c4ccccc4OCCO)[C@]3(c3ccccc3)C2=O)cc1. The van der Waals surface area contributed by atoms with E-state index in [4.69, 9.17) is 4.74 Å². The number of amides is 2. The molecule has 8 rings (SSSR count). The number of carbonyl (C=O) groups excluding carboxylic acids is 2. The molecule has 5 aromatic rings. The van der Waals surface area contributed by atoms with Crippen molar-refractivity contribution >= 4 is 17.5 Å². The van der Waals surface area contributed by atoms with Crippen molar-refractivity contribution in [1.82, 2.24) is 18.9 Å². The Morgan fingerprint density at radius 1 is 0.840 bits per heavy atom. The minimum Gasteiger partial charge on any atom is -0.491 e. The van der Waals surface area contributed by atoms with E-state index in [-0.39, 0.29) is 26.2 Å². The molecule has 1 saturated heterocycles. The lowest BCUT2D eigenvalue weighted by molar-refractivity contribution is -0.138. The normalized spacial score (nSPS) is 22.4. The highest BCUT2D eigenvalue weighted by molar-refractivity contribution is 6.12. The summed E-state index contributed by atoms with van der Waals surface area (Å²) in [6.07, 6.45) is 2.01. The summed E-state index contributed by atoms with van der Waals surface area (Å²) in [5.74, 6) is -2.16. The molecule has 2 fully saturated rings. The number of para-hydroxylation sites is 2. The highest BCUT2D eigenvalue weighted by Crippen LogP contribution is 2.62. The average Bonchev–Trinajstić information content (AvgIpc) is 3.53. The minimum absolute atomic E-state index is 0.0148. The number of imide groups is 1. The van der Waals surface area contributed by atoms with Gasteiger partial charge in [0, 0.05) is 11.5 Å². The molecule has 4 atom stereocenters. The van der Waals surface area contributed by atoms with Gasteiger partial charge in [-0.15, -0.1) is 0 Å². The number of aryl methyl sites for hydroxylation is 1. The zero-order chi connectivity index (χ0) is 34.6. The van der Waals surface area contributed by atoms with E-state index in [1.165, 1.54) is 9.36 Å². The van der Waals surface area contributed by atoms with Gasteiger partial charge in [-0.05, 0) is 54.8 Å². The van der Waals surface area contributed by atoms with Gasteiger partial charge in [0.25, 0.3) is 11.8 Å². The first-order chi connectivity index (χ1) is 24.4. The van der Waals surface area contributed by atoms with Gasteiger partial charge in [0.05, 0.1) is 41.9 Å². The Hall–Kier alpha value is -5.94. The molecule has 0 unspecified atom stereocenters. The van der Waals surface area contributed by atoms with Crippen LogP contribution in [-0.2, 0) is 21.5 Å². The molecular weight excluding hydrogens is 634 g/mol. The summed E-state index contributed by atoms with van der Waals surface area (Å²) < 4.78 is 10.1. The van der Waals surface area contributed by atoms with Crippen molar-refractivity contribution in [1.29, 1.82) is 0 Å². The number of benzene rings is 4. The standard InChI is InChI=1S/C39H35N5O6/c1-25-16-18-27(19-17-25)40-43-35(46)31-24-32-29(20-21-41-37(48)42(38(49)44(32)41)28-12-6-3-7-13-28)34(30-14-8-9-15-33(30)50-23-22-45)39(31,36(43)47)26-10-4-2-5-11-26/h2-20,31-32,34,40,45H,21-24H2,1H3/t31-,32+,34+,39+/m0/s1. The molecule has 2 amide bonds. The van der Waals surface area contributed by atoms with Gasteiger partial charge in [0.15, 0.2) is 0 Å². The minimum atomic E-state index is -1.45. The summed E-state index contributed by atoms with van der Waals surface area (Å²) in [7, 11) is 0.